The molecule has 2 heterocycles. The van der Waals surface area contributed by atoms with E-state index in [0.717, 1.165) is 11.3 Å². The summed E-state index contributed by atoms with van der Waals surface area (Å²) in [5, 5.41) is 3.44. The number of pyridine rings is 2. The quantitative estimate of drug-likeness (QED) is 0.925. The van der Waals surface area contributed by atoms with Crippen molar-refractivity contribution in [1.82, 2.24) is 15.3 Å². The van der Waals surface area contributed by atoms with Gasteiger partial charge in [-0.3, -0.25) is 4.98 Å². The Morgan fingerprint density at radius 2 is 1.95 bits per heavy atom. The van der Waals surface area contributed by atoms with Crippen LogP contribution in [0, 0.1) is 6.92 Å². The van der Waals surface area contributed by atoms with Gasteiger partial charge in [0.05, 0.1) is 6.20 Å². The van der Waals surface area contributed by atoms with Crippen LogP contribution >= 0.6 is 0 Å². The summed E-state index contributed by atoms with van der Waals surface area (Å²) < 4.78 is 5.82. The predicted molar refractivity (Wildman–Crippen MR) is 79.9 cm³/mol. The molecule has 2 aromatic rings. The van der Waals surface area contributed by atoms with E-state index < -0.39 is 0 Å². The van der Waals surface area contributed by atoms with E-state index in [1.54, 1.807) is 12.4 Å². The van der Waals surface area contributed by atoms with Gasteiger partial charge < -0.3 is 10.1 Å². The summed E-state index contributed by atoms with van der Waals surface area (Å²) in [5.41, 5.74) is 2.05. The Kier molecular flexibility index (Phi) is 4.35. The zero-order valence-corrected chi connectivity index (χ0v) is 12.5. The van der Waals surface area contributed by atoms with Crippen LogP contribution in [-0.2, 0) is 6.54 Å². The molecule has 4 nitrogen and oxygen atoms in total. The van der Waals surface area contributed by atoms with E-state index in [4.69, 9.17) is 4.74 Å². The number of nitrogens with one attached hydrogen (secondary N) is 1. The first kappa shape index (κ1) is 14.5. The van der Waals surface area contributed by atoms with Crippen LogP contribution in [0.25, 0.3) is 0 Å². The normalized spacial score (nSPS) is 11.4. The Morgan fingerprint density at radius 3 is 2.60 bits per heavy atom. The van der Waals surface area contributed by atoms with Gasteiger partial charge >= 0.3 is 0 Å². The van der Waals surface area contributed by atoms with Gasteiger partial charge in [-0.05, 0) is 45.9 Å². The van der Waals surface area contributed by atoms with E-state index in [2.05, 4.69) is 36.1 Å². The minimum absolute atomic E-state index is 0.0541. The first-order chi connectivity index (χ1) is 9.44. The number of hydrogen-bond donors (Lipinski definition) is 1. The average Bonchev–Trinajstić information content (AvgIpc) is 2.39. The van der Waals surface area contributed by atoms with E-state index >= 15 is 0 Å². The van der Waals surface area contributed by atoms with Crippen molar-refractivity contribution in [3.63, 3.8) is 0 Å². The van der Waals surface area contributed by atoms with Crippen LogP contribution in [0.15, 0.2) is 36.7 Å². The first-order valence-corrected chi connectivity index (χ1v) is 6.73. The number of ether oxygens (including phenoxy) is 1. The Balaban J connectivity index is 2.13. The smallest absolute Gasteiger partial charge is 0.223 e. The maximum Gasteiger partial charge on any atom is 0.223 e. The molecular formula is C16H21N3O. The van der Waals surface area contributed by atoms with E-state index in [0.29, 0.717) is 18.2 Å². The first-order valence-electron chi connectivity index (χ1n) is 6.73. The topological polar surface area (TPSA) is 47.0 Å². The second-order valence-corrected chi connectivity index (χ2v) is 5.81. The van der Waals surface area contributed by atoms with E-state index in [-0.39, 0.29) is 5.54 Å². The average molecular weight is 271 g/mol. The monoisotopic (exact) mass is 271 g/mol. The molecule has 0 aliphatic carbocycles. The van der Waals surface area contributed by atoms with Crippen LogP contribution < -0.4 is 10.1 Å². The van der Waals surface area contributed by atoms with E-state index in [1.165, 1.54) is 0 Å². The number of aryl methyl sites for hydroxylation is 1. The Hall–Kier alpha value is -1.94. The second kappa shape index (κ2) is 6.01. The lowest BCUT2D eigenvalue weighted by molar-refractivity contribution is 0.409. The molecule has 0 aliphatic heterocycles. The van der Waals surface area contributed by atoms with Crippen molar-refractivity contribution >= 4 is 0 Å². The SMILES string of the molecule is Cc1ccc(Oc2ncccc2CNC(C)(C)C)cn1. The molecule has 2 aromatic heterocycles. The summed E-state index contributed by atoms with van der Waals surface area (Å²) in [5.74, 6) is 1.32. The fourth-order valence-corrected chi connectivity index (χ4v) is 1.64. The highest BCUT2D eigenvalue weighted by molar-refractivity contribution is 5.31. The molecule has 1 N–H and O–H groups in total. The van der Waals surface area contributed by atoms with Gasteiger partial charge in [0, 0.05) is 29.5 Å². The molecular weight excluding hydrogens is 250 g/mol. The minimum atomic E-state index is 0.0541. The number of hydrogen-bond acceptors (Lipinski definition) is 4. The molecule has 0 spiro atoms. The Bertz CT molecular complexity index is 559. The third kappa shape index (κ3) is 4.31. The molecule has 0 saturated carbocycles. The van der Waals surface area contributed by atoms with Crippen LogP contribution in [0.1, 0.15) is 32.0 Å². The zero-order valence-electron chi connectivity index (χ0n) is 12.5. The third-order valence-corrected chi connectivity index (χ3v) is 2.76. The standard InChI is InChI=1S/C16H21N3O/c1-12-7-8-14(11-18-12)20-15-13(6-5-9-17-15)10-19-16(2,3)4/h5-9,11,19H,10H2,1-4H3. The molecule has 0 amide bonds. The van der Waals surface area contributed by atoms with Crippen molar-refractivity contribution in [3.8, 4) is 11.6 Å². The highest BCUT2D eigenvalue weighted by Crippen LogP contribution is 2.22. The van der Waals surface area contributed by atoms with Crippen molar-refractivity contribution in [2.75, 3.05) is 0 Å². The lowest BCUT2D eigenvalue weighted by Crippen LogP contribution is -2.35. The highest BCUT2D eigenvalue weighted by atomic mass is 16.5. The molecule has 4 heteroatoms. The number of aromatic nitrogens is 2. The lowest BCUT2D eigenvalue weighted by atomic mass is 10.1. The second-order valence-electron chi connectivity index (χ2n) is 5.81. The largest absolute Gasteiger partial charge is 0.437 e. The van der Waals surface area contributed by atoms with Gasteiger partial charge in [0.25, 0.3) is 0 Å². The molecule has 0 saturated heterocycles. The Labute approximate surface area is 120 Å². The van der Waals surface area contributed by atoms with Crippen molar-refractivity contribution in [2.45, 2.75) is 39.8 Å². The molecule has 0 fully saturated rings. The lowest BCUT2D eigenvalue weighted by Gasteiger charge is -2.21. The maximum absolute atomic E-state index is 5.82. The third-order valence-electron chi connectivity index (χ3n) is 2.76. The summed E-state index contributed by atoms with van der Waals surface area (Å²) in [4.78, 5) is 8.53. The van der Waals surface area contributed by atoms with Crippen LogP contribution in [0.5, 0.6) is 11.6 Å². The summed E-state index contributed by atoms with van der Waals surface area (Å²) in [6.45, 7) is 9.06. The molecule has 106 valence electrons. The van der Waals surface area contributed by atoms with Crippen LogP contribution in [-0.4, -0.2) is 15.5 Å². The predicted octanol–water partition coefficient (Wildman–Crippen LogP) is 3.47. The van der Waals surface area contributed by atoms with Crippen molar-refractivity contribution in [2.24, 2.45) is 0 Å². The minimum Gasteiger partial charge on any atom is -0.437 e. The molecule has 20 heavy (non-hydrogen) atoms. The highest BCUT2D eigenvalue weighted by Gasteiger charge is 2.12. The van der Waals surface area contributed by atoms with E-state index in [9.17, 15) is 0 Å². The van der Waals surface area contributed by atoms with Gasteiger partial charge in [-0.2, -0.15) is 0 Å². The molecule has 0 unspecified atom stereocenters. The fourth-order valence-electron chi connectivity index (χ4n) is 1.64. The molecule has 2 rings (SSSR count). The van der Waals surface area contributed by atoms with Gasteiger partial charge in [-0.15, -0.1) is 0 Å². The molecule has 0 atom stereocenters. The Morgan fingerprint density at radius 1 is 1.15 bits per heavy atom. The van der Waals surface area contributed by atoms with Gasteiger partial charge in [0.1, 0.15) is 5.75 Å². The number of rotatable bonds is 4. The van der Waals surface area contributed by atoms with Crippen LogP contribution in [0.3, 0.4) is 0 Å². The molecule has 0 aliphatic rings. The molecule has 0 radical (unpaired) electrons. The van der Waals surface area contributed by atoms with Crippen molar-refractivity contribution in [3.05, 3.63) is 47.9 Å². The maximum atomic E-state index is 5.82. The number of nitrogens with zero attached hydrogens (tertiary/aromatic N) is 2. The van der Waals surface area contributed by atoms with Crippen LogP contribution in [0.2, 0.25) is 0 Å². The van der Waals surface area contributed by atoms with Gasteiger partial charge in [-0.25, -0.2) is 4.98 Å². The van der Waals surface area contributed by atoms with E-state index in [1.807, 2.05) is 31.2 Å². The van der Waals surface area contributed by atoms with Gasteiger partial charge in [0.15, 0.2) is 0 Å². The molecule has 0 aromatic carbocycles. The summed E-state index contributed by atoms with van der Waals surface area (Å²) in [7, 11) is 0. The summed E-state index contributed by atoms with van der Waals surface area (Å²) in [6.07, 6.45) is 3.45. The zero-order chi connectivity index (χ0) is 14.6. The van der Waals surface area contributed by atoms with Gasteiger partial charge in [-0.1, -0.05) is 6.07 Å². The van der Waals surface area contributed by atoms with Crippen LogP contribution in [0.4, 0.5) is 0 Å². The summed E-state index contributed by atoms with van der Waals surface area (Å²) >= 11 is 0. The molecule has 0 bridgehead atoms. The van der Waals surface area contributed by atoms with Crippen molar-refractivity contribution < 1.29 is 4.74 Å². The van der Waals surface area contributed by atoms with Crippen molar-refractivity contribution in [1.29, 1.82) is 0 Å². The fraction of sp³-hybridized carbons (Fsp3) is 0.375. The van der Waals surface area contributed by atoms with Gasteiger partial charge in [0.2, 0.25) is 5.88 Å². The summed E-state index contributed by atoms with van der Waals surface area (Å²) in [6, 6.07) is 7.76.